The topological polar surface area (TPSA) is 114 Å². The Morgan fingerprint density at radius 1 is 1.12 bits per heavy atom. The van der Waals surface area contributed by atoms with Gasteiger partial charge in [0.2, 0.25) is 0 Å². The van der Waals surface area contributed by atoms with E-state index < -0.39 is 20.0 Å². The summed E-state index contributed by atoms with van der Waals surface area (Å²) in [6.45, 7) is 12.4. The first kappa shape index (κ1) is 36.5. The number of carbonyl (C=O) groups is 1. The third kappa shape index (κ3) is 11.1. The number of amides is 1. The van der Waals surface area contributed by atoms with Gasteiger partial charge in [-0.2, -0.15) is 0 Å². The number of phosphoric ester groups is 1. The van der Waals surface area contributed by atoms with E-state index in [1.54, 1.807) is 0 Å². The van der Waals surface area contributed by atoms with Crippen molar-refractivity contribution in [2.24, 2.45) is 40.9 Å². The molecule has 2 saturated carbocycles. The molecular formula is C34H62NO7P. The van der Waals surface area contributed by atoms with Gasteiger partial charge in [0.15, 0.2) is 0 Å². The molecule has 9 atom stereocenters. The molecule has 0 heterocycles. The zero-order valence-electron chi connectivity index (χ0n) is 27.9. The van der Waals surface area contributed by atoms with Gasteiger partial charge in [-0.05, 0) is 92.3 Å². The zero-order valence-corrected chi connectivity index (χ0v) is 28.8. The van der Waals surface area contributed by atoms with Crippen molar-refractivity contribution in [3.8, 4) is 0 Å². The Labute approximate surface area is 261 Å². The predicted molar refractivity (Wildman–Crippen MR) is 172 cm³/mol. The molecule has 9 heteroatoms. The highest BCUT2D eigenvalue weighted by molar-refractivity contribution is 7.47. The number of hydrogen-bond acceptors (Lipinski definition) is 6. The minimum Gasteiger partial charge on any atom is -0.446 e. The molecule has 0 aromatic rings. The molecule has 2 fully saturated rings. The molecule has 0 aliphatic heterocycles. The fraction of sp³-hybridized carbons (Fsp3) is 0.912. The minimum absolute atomic E-state index is 0.109. The molecule has 250 valence electrons. The fourth-order valence-corrected chi connectivity index (χ4v) is 8.83. The average Bonchev–Trinajstić information content (AvgIpc) is 3.02. The molecule has 3 N–H and O–H groups in total. The van der Waals surface area contributed by atoms with Crippen molar-refractivity contribution < 1.29 is 33.1 Å². The van der Waals surface area contributed by atoms with Crippen LogP contribution in [0.25, 0.3) is 0 Å². The highest BCUT2D eigenvalue weighted by Crippen LogP contribution is 2.56. The van der Waals surface area contributed by atoms with Gasteiger partial charge in [0.1, 0.15) is 6.10 Å². The first-order chi connectivity index (χ1) is 20.3. The van der Waals surface area contributed by atoms with Gasteiger partial charge in [-0.1, -0.05) is 78.4 Å². The van der Waals surface area contributed by atoms with E-state index in [0.29, 0.717) is 12.3 Å². The van der Waals surface area contributed by atoms with Crippen molar-refractivity contribution in [3.05, 3.63) is 11.6 Å². The van der Waals surface area contributed by atoms with Gasteiger partial charge in [-0.3, -0.25) is 9.05 Å². The number of ether oxygens (including phenoxy) is 1. The molecule has 0 spiro atoms. The Morgan fingerprint density at radius 3 is 2.60 bits per heavy atom. The van der Waals surface area contributed by atoms with Crippen LogP contribution >= 0.6 is 7.82 Å². The molecule has 0 aromatic carbocycles. The summed E-state index contributed by atoms with van der Waals surface area (Å²) in [5.41, 5.74) is 1.70. The summed E-state index contributed by atoms with van der Waals surface area (Å²) in [6, 6.07) is 0. The predicted octanol–water partition coefficient (Wildman–Crippen LogP) is 8.42. The third-order valence-electron chi connectivity index (χ3n) is 11.1. The fourth-order valence-electron chi connectivity index (χ4n) is 8.39. The number of phosphoric acid groups is 1. The highest BCUT2D eigenvalue weighted by atomic mass is 31.2. The summed E-state index contributed by atoms with van der Waals surface area (Å²) < 4.78 is 26.2. The van der Waals surface area contributed by atoms with Gasteiger partial charge in [0.05, 0.1) is 12.7 Å². The number of alkyl carbamates (subject to hydrolysis) is 1. The van der Waals surface area contributed by atoms with Gasteiger partial charge in [0.25, 0.3) is 0 Å². The molecule has 7 unspecified atom stereocenters. The van der Waals surface area contributed by atoms with Crippen molar-refractivity contribution >= 4 is 13.9 Å². The van der Waals surface area contributed by atoms with E-state index in [-0.39, 0.29) is 31.1 Å². The number of fused-ring (bicyclic) bond motifs is 3. The van der Waals surface area contributed by atoms with Crippen LogP contribution in [0.2, 0.25) is 0 Å². The van der Waals surface area contributed by atoms with Gasteiger partial charge < -0.3 is 20.1 Å². The molecular weight excluding hydrogens is 565 g/mol. The van der Waals surface area contributed by atoms with Crippen molar-refractivity contribution in [2.75, 3.05) is 20.3 Å². The Kier molecular flexibility index (Phi) is 14.6. The molecule has 3 rings (SSSR count). The van der Waals surface area contributed by atoms with Crippen LogP contribution in [-0.4, -0.2) is 48.6 Å². The van der Waals surface area contributed by atoms with Gasteiger partial charge in [-0.15, -0.1) is 0 Å². The quantitative estimate of drug-likeness (QED) is 0.131. The number of allylic oxidation sites excluding steroid dienone is 1. The van der Waals surface area contributed by atoms with Crippen molar-refractivity contribution in [2.45, 2.75) is 137 Å². The SMILES string of the molecule is COP(=O)(O)OCCC(O)CCNC(=O)OC1CCC2(C)C(=CCC3CCC[C@H]([C@@H](C)CCCC(C)C)C(C)CCC32)C1. The summed E-state index contributed by atoms with van der Waals surface area (Å²) in [4.78, 5) is 21.8. The van der Waals surface area contributed by atoms with E-state index in [4.69, 9.17) is 9.26 Å². The van der Waals surface area contributed by atoms with Crippen LogP contribution < -0.4 is 5.32 Å². The summed E-state index contributed by atoms with van der Waals surface area (Å²) in [7, 11) is -2.95. The number of rotatable bonds is 14. The number of aliphatic hydroxyl groups excluding tert-OH is 1. The zero-order chi connectivity index (χ0) is 31.6. The molecule has 43 heavy (non-hydrogen) atoms. The molecule has 3 aliphatic rings. The summed E-state index contributed by atoms with van der Waals surface area (Å²) in [6.07, 6.45) is 16.4. The van der Waals surface area contributed by atoms with Crippen LogP contribution in [0.5, 0.6) is 0 Å². The van der Waals surface area contributed by atoms with Crippen molar-refractivity contribution in [1.29, 1.82) is 0 Å². The lowest BCUT2D eigenvalue weighted by atomic mass is 9.55. The molecule has 0 radical (unpaired) electrons. The van der Waals surface area contributed by atoms with Crippen LogP contribution in [0.4, 0.5) is 4.79 Å². The number of aliphatic hydroxyl groups is 1. The highest BCUT2D eigenvalue weighted by Gasteiger charge is 2.47. The first-order valence-electron chi connectivity index (χ1n) is 17.2. The van der Waals surface area contributed by atoms with Gasteiger partial charge in [0, 0.05) is 20.1 Å². The van der Waals surface area contributed by atoms with Crippen LogP contribution in [-0.2, 0) is 18.3 Å². The molecule has 0 saturated heterocycles. The summed E-state index contributed by atoms with van der Waals surface area (Å²) >= 11 is 0. The van der Waals surface area contributed by atoms with E-state index in [0.717, 1.165) is 62.4 Å². The Balaban J connectivity index is 1.46. The van der Waals surface area contributed by atoms with E-state index in [1.807, 2.05) is 0 Å². The Morgan fingerprint density at radius 2 is 1.88 bits per heavy atom. The molecule has 8 nitrogen and oxygen atoms in total. The lowest BCUT2D eigenvalue weighted by Gasteiger charge is -2.51. The maximum atomic E-state index is 12.5. The lowest BCUT2D eigenvalue weighted by Crippen LogP contribution is -2.43. The average molecular weight is 628 g/mol. The maximum Gasteiger partial charge on any atom is 0.471 e. The minimum atomic E-state index is -4.04. The van der Waals surface area contributed by atoms with Gasteiger partial charge >= 0.3 is 13.9 Å². The van der Waals surface area contributed by atoms with E-state index in [2.05, 4.69) is 50.5 Å². The van der Waals surface area contributed by atoms with E-state index in [1.165, 1.54) is 56.9 Å². The normalized spacial score (nSPS) is 32.6. The van der Waals surface area contributed by atoms with Gasteiger partial charge in [-0.25, -0.2) is 9.36 Å². The first-order valence-corrected chi connectivity index (χ1v) is 18.7. The second-order valence-electron chi connectivity index (χ2n) is 14.6. The Hall–Kier alpha value is -0.920. The molecule has 0 bridgehead atoms. The molecule has 3 aliphatic carbocycles. The smallest absolute Gasteiger partial charge is 0.446 e. The molecule has 0 aromatic heterocycles. The summed E-state index contributed by atoms with van der Waals surface area (Å²) in [5, 5.41) is 12.8. The van der Waals surface area contributed by atoms with Crippen LogP contribution in [0.1, 0.15) is 125 Å². The molecule has 1 amide bonds. The summed E-state index contributed by atoms with van der Waals surface area (Å²) in [5.74, 6) is 4.73. The van der Waals surface area contributed by atoms with Crippen LogP contribution in [0.15, 0.2) is 11.6 Å². The largest absolute Gasteiger partial charge is 0.471 e. The van der Waals surface area contributed by atoms with E-state index >= 15 is 0 Å². The number of hydrogen-bond donors (Lipinski definition) is 3. The second kappa shape index (κ2) is 17.1. The second-order valence-corrected chi connectivity index (χ2v) is 16.2. The Bertz CT molecular complexity index is 942. The van der Waals surface area contributed by atoms with Crippen molar-refractivity contribution in [1.82, 2.24) is 5.32 Å². The standard InChI is InChI=1S/C34H62NO7P/c1-24(2)9-7-10-25(3)31-12-8-11-27-14-15-28-23-30(17-20-34(28,5)32(27)16-13-26(31)4)42-33(37)35-21-18-29(36)19-22-41-43(38,39)40-6/h15,24-27,29-32,36H,7-14,16-23H2,1-6H3,(H,35,37)(H,38,39)/t25-,26?,27?,29?,30?,31+,32?,34?/m0/s1. The maximum absolute atomic E-state index is 12.5. The number of carbonyl (C=O) groups excluding carboxylic acids is 1. The lowest BCUT2D eigenvalue weighted by molar-refractivity contribution is 0.0283. The van der Waals surface area contributed by atoms with Crippen molar-refractivity contribution in [3.63, 3.8) is 0 Å². The number of nitrogens with one attached hydrogen (secondary N) is 1. The van der Waals surface area contributed by atoms with Crippen LogP contribution in [0.3, 0.4) is 0 Å². The van der Waals surface area contributed by atoms with Crippen LogP contribution in [0, 0.1) is 40.9 Å². The third-order valence-corrected chi connectivity index (χ3v) is 12.1. The monoisotopic (exact) mass is 627 g/mol. The van der Waals surface area contributed by atoms with E-state index in [9.17, 15) is 19.4 Å².